The number of fused-ring (bicyclic) bond motifs is 1. The SMILES string of the molecule is Cc1ccc(CNC(=O)CCc2nc3c(cnn3-c3ccccc3)c(=O)[nH]2)cc1F. The molecule has 0 aliphatic rings. The van der Waals surface area contributed by atoms with Crippen molar-refractivity contribution in [1.29, 1.82) is 0 Å². The molecule has 0 bridgehead atoms. The van der Waals surface area contributed by atoms with E-state index in [1.54, 1.807) is 23.7 Å². The van der Waals surface area contributed by atoms with Crippen LogP contribution in [-0.4, -0.2) is 25.7 Å². The number of aromatic nitrogens is 4. The Morgan fingerprint density at radius 3 is 2.77 bits per heavy atom. The molecular formula is C22H20FN5O2. The highest BCUT2D eigenvalue weighted by Gasteiger charge is 2.12. The van der Waals surface area contributed by atoms with Gasteiger partial charge in [0, 0.05) is 19.4 Å². The van der Waals surface area contributed by atoms with Gasteiger partial charge in [0.15, 0.2) is 5.65 Å². The van der Waals surface area contributed by atoms with Crippen molar-refractivity contribution < 1.29 is 9.18 Å². The van der Waals surface area contributed by atoms with Crippen LogP contribution in [0.15, 0.2) is 59.5 Å². The fraction of sp³-hybridized carbons (Fsp3) is 0.182. The normalized spacial score (nSPS) is 11.0. The Morgan fingerprint density at radius 2 is 2.00 bits per heavy atom. The van der Waals surface area contributed by atoms with Crippen molar-refractivity contribution in [2.24, 2.45) is 0 Å². The van der Waals surface area contributed by atoms with Crippen LogP contribution in [0.5, 0.6) is 0 Å². The number of nitrogens with zero attached hydrogens (tertiary/aromatic N) is 3. The number of hydrogen-bond donors (Lipinski definition) is 2. The molecule has 0 fully saturated rings. The maximum atomic E-state index is 13.6. The fourth-order valence-electron chi connectivity index (χ4n) is 3.11. The molecule has 4 aromatic rings. The van der Waals surface area contributed by atoms with Crippen LogP contribution in [0.4, 0.5) is 4.39 Å². The first-order valence-electron chi connectivity index (χ1n) is 9.55. The number of hydrogen-bond acceptors (Lipinski definition) is 4. The number of para-hydroxylation sites is 1. The van der Waals surface area contributed by atoms with Gasteiger partial charge in [-0.3, -0.25) is 9.59 Å². The molecule has 0 saturated carbocycles. The minimum atomic E-state index is -0.299. The van der Waals surface area contributed by atoms with E-state index in [0.717, 1.165) is 5.69 Å². The van der Waals surface area contributed by atoms with Gasteiger partial charge in [-0.15, -0.1) is 0 Å². The number of rotatable bonds is 6. The van der Waals surface area contributed by atoms with E-state index in [1.165, 1.54) is 12.3 Å². The van der Waals surface area contributed by atoms with Gasteiger partial charge in [-0.05, 0) is 36.2 Å². The van der Waals surface area contributed by atoms with Crippen LogP contribution >= 0.6 is 0 Å². The summed E-state index contributed by atoms with van der Waals surface area (Å²) in [6, 6.07) is 14.2. The molecule has 2 heterocycles. The van der Waals surface area contributed by atoms with E-state index >= 15 is 0 Å². The first kappa shape index (κ1) is 19.5. The monoisotopic (exact) mass is 405 g/mol. The predicted molar refractivity (Wildman–Crippen MR) is 111 cm³/mol. The Bertz CT molecular complexity index is 1260. The molecule has 7 nitrogen and oxygen atoms in total. The average molecular weight is 405 g/mol. The molecule has 152 valence electrons. The minimum Gasteiger partial charge on any atom is -0.352 e. The second-order valence-corrected chi connectivity index (χ2v) is 7.00. The van der Waals surface area contributed by atoms with E-state index in [0.29, 0.717) is 28.0 Å². The Hall–Kier alpha value is -3.81. The predicted octanol–water partition coefficient (Wildman–Crippen LogP) is 2.81. The fourth-order valence-corrected chi connectivity index (χ4v) is 3.11. The number of nitrogens with one attached hydrogen (secondary N) is 2. The van der Waals surface area contributed by atoms with Gasteiger partial charge in [-0.25, -0.2) is 14.1 Å². The Morgan fingerprint density at radius 1 is 1.20 bits per heavy atom. The van der Waals surface area contributed by atoms with Crippen LogP contribution in [-0.2, 0) is 17.8 Å². The van der Waals surface area contributed by atoms with Crippen molar-refractivity contribution >= 4 is 16.9 Å². The molecule has 0 aliphatic carbocycles. The molecule has 4 rings (SSSR count). The van der Waals surface area contributed by atoms with E-state index in [4.69, 9.17) is 0 Å². The molecule has 0 saturated heterocycles. The van der Waals surface area contributed by atoms with Gasteiger partial charge in [0.05, 0.1) is 11.9 Å². The highest BCUT2D eigenvalue weighted by molar-refractivity contribution is 5.77. The molecule has 8 heteroatoms. The highest BCUT2D eigenvalue weighted by atomic mass is 19.1. The summed E-state index contributed by atoms with van der Waals surface area (Å²) < 4.78 is 15.2. The Kier molecular flexibility index (Phi) is 5.38. The topological polar surface area (TPSA) is 92.7 Å². The molecule has 0 spiro atoms. The second kappa shape index (κ2) is 8.28. The van der Waals surface area contributed by atoms with E-state index in [1.807, 2.05) is 30.3 Å². The summed E-state index contributed by atoms with van der Waals surface area (Å²) >= 11 is 0. The molecule has 0 aliphatic heterocycles. The number of aromatic amines is 1. The van der Waals surface area contributed by atoms with Crippen molar-refractivity contribution in [2.75, 3.05) is 0 Å². The van der Waals surface area contributed by atoms with E-state index in [-0.39, 0.29) is 36.7 Å². The lowest BCUT2D eigenvalue weighted by atomic mass is 10.1. The van der Waals surface area contributed by atoms with Gasteiger partial charge in [0.2, 0.25) is 5.91 Å². The van der Waals surface area contributed by atoms with Crippen LogP contribution in [0.2, 0.25) is 0 Å². The number of carbonyl (C=O) groups is 1. The third-order valence-electron chi connectivity index (χ3n) is 4.80. The zero-order valence-electron chi connectivity index (χ0n) is 16.4. The van der Waals surface area contributed by atoms with E-state index < -0.39 is 0 Å². The molecule has 2 aromatic carbocycles. The molecular weight excluding hydrogens is 385 g/mol. The summed E-state index contributed by atoms with van der Waals surface area (Å²) in [4.78, 5) is 31.8. The number of halogens is 1. The molecule has 30 heavy (non-hydrogen) atoms. The molecule has 1 amide bonds. The summed E-state index contributed by atoms with van der Waals surface area (Å²) in [5.41, 5.74) is 2.18. The first-order valence-corrected chi connectivity index (χ1v) is 9.55. The summed E-state index contributed by atoms with van der Waals surface area (Å²) in [6.45, 7) is 1.92. The van der Waals surface area contributed by atoms with E-state index in [2.05, 4.69) is 20.4 Å². The zero-order chi connectivity index (χ0) is 21.1. The van der Waals surface area contributed by atoms with Crippen molar-refractivity contribution in [3.63, 3.8) is 0 Å². The third-order valence-corrected chi connectivity index (χ3v) is 4.80. The van der Waals surface area contributed by atoms with Gasteiger partial charge in [0.25, 0.3) is 5.56 Å². The summed E-state index contributed by atoms with van der Waals surface area (Å²) in [6.07, 6.45) is 1.88. The van der Waals surface area contributed by atoms with Crippen LogP contribution < -0.4 is 10.9 Å². The first-order chi connectivity index (χ1) is 14.5. The lowest BCUT2D eigenvalue weighted by molar-refractivity contribution is -0.121. The van der Waals surface area contributed by atoms with E-state index in [9.17, 15) is 14.0 Å². The van der Waals surface area contributed by atoms with Crippen LogP contribution in [0.3, 0.4) is 0 Å². The Labute approximate surface area is 171 Å². The second-order valence-electron chi connectivity index (χ2n) is 7.00. The van der Waals surface area contributed by atoms with Gasteiger partial charge < -0.3 is 10.3 Å². The van der Waals surface area contributed by atoms with Gasteiger partial charge in [-0.1, -0.05) is 30.3 Å². The van der Waals surface area contributed by atoms with Gasteiger partial charge in [0.1, 0.15) is 17.0 Å². The number of amides is 1. The average Bonchev–Trinajstić information content (AvgIpc) is 3.18. The smallest absolute Gasteiger partial charge is 0.262 e. The molecule has 0 unspecified atom stereocenters. The van der Waals surface area contributed by atoms with Crippen molar-refractivity contribution in [1.82, 2.24) is 25.1 Å². The maximum Gasteiger partial charge on any atom is 0.262 e. The summed E-state index contributed by atoms with van der Waals surface area (Å²) in [7, 11) is 0. The number of H-pyrrole nitrogens is 1. The number of carbonyl (C=O) groups excluding carboxylic acids is 1. The van der Waals surface area contributed by atoms with Crippen LogP contribution in [0, 0.1) is 12.7 Å². The minimum absolute atomic E-state index is 0.141. The van der Waals surface area contributed by atoms with Crippen molar-refractivity contribution in [3.05, 3.63) is 87.9 Å². The van der Waals surface area contributed by atoms with Crippen LogP contribution in [0.25, 0.3) is 16.7 Å². The quantitative estimate of drug-likeness (QED) is 0.516. The largest absolute Gasteiger partial charge is 0.352 e. The standard InChI is InChI=1S/C22H20FN5O2/c1-14-7-8-15(11-18(14)23)12-24-20(29)10-9-19-26-21-17(22(30)27-19)13-25-28(21)16-5-3-2-4-6-16/h2-8,11,13H,9-10,12H2,1H3,(H,24,29)(H,26,27,30). The molecule has 2 N–H and O–H groups in total. The van der Waals surface area contributed by atoms with Crippen LogP contribution in [0.1, 0.15) is 23.4 Å². The van der Waals surface area contributed by atoms with Crippen molar-refractivity contribution in [3.8, 4) is 5.69 Å². The zero-order valence-corrected chi connectivity index (χ0v) is 16.4. The lowest BCUT2D eigenvalue weighted by Crippen LogP contribution is -2.24. The highest BCUT2D eigenvalue weighted by Crippen LogP contribution is 2.14. The Balaban J connectivity index is 1.45. The van der Waals surface area contributed by atoms with Gasteiger partial charge >= 0.3 is 0 Å². The number of aryl methyl sites for hydroxylation is 2. The molecule has 2 aromatic heterocycles. The van der Waals surface area contributed by atoms with Gasteiger partial charge in [-0.2, -0.15) is 5.10 Å². The summed E-state index contributed by atoms with van der Waals surface area (Å²) in [5, 5.41) is 7.40. The lowest BCUT2D eigenvalue weighted by Gasteiger charge is -2.07. The molecule has 0 atom stereocenters. The number of benzene rings is 2. The molecule has 0 radical (unpaired) electrons. The third kappa shape index (κ3) is 4.12. The summed E-state index contributed by atoms with van der Waals surface area (Å²) in [5.74, 6) is -0.108. The maximum absolute atomic E-state index is 13.6. The van der Waals surface area contributed by atoms with Crippen molar-refractivity contribution in [2.45, 2.75) is 26.3 Å².